The van der Waals surface area contributed by atoms with Crippen molar-refractivity contribution in [3.63, 3.8) is 0 Å². The second-order valence-corrected chi connectivity index (χ2v) is 12.5. The summed E-state index contributed by atoms with van der Waals surface area (Å²) in [6.45, 7) is 7.50. The minimum atomic E-state index is -0.947. The Labute approximate surface area is 300 Å². The van der Waals surface area contributed by atoms with E-state index < -0.39 is 5.97 Å². The van der Waals surface area contributed by atoms with Gasteiger partial charge in [0.1, 0.15) is 0 Å². The molecule has 0 aromatic heterocycles. The van der Waals surface area contributed by atoms with E-state index in [1.807, 2.05) is 67.3 Å². The Morgan fingerprint density at radius 1 is 0.700 bits per heavy atom. The average Bonchev–Trinajstić information content (AvgIpc) is 3.14. The monoisotopic (exact) mass is 692 g/mol. The lowest BCUT2D eigenvalue weighted by Gasteiger charge is -2.32. The van der Waals surface area contributed by atoms with E-state index in [4.69, 9.17) is 27.1 Å². The van der Waals surface area contributed by atoms with Crippen LogP contribution in [0.15, 0.2) is 84.9 Å². The standard InChI is InChI=1S/C20H21N3O.C12H14N2.C8H9NO2.ClH/c1-14-2-5-18(12-19(14)22)20(24)23-10-8-17(9-11-23)16-6-3-15(13-21)4-7-16;13-9-10-1-3-11(4-2-10)12-5-7-14-8-6-12;1-5-2-3-6(8(10)11)4-7(5)9;/h2-7,12,17H,8-11,22H2,1H3;1-4,12,14H,5-8H2;2-4H,9H2,1H3,(H,10,11);1H. The van der Waals surface area contributed by atoms with Crippen molar-refractivity contribution in [3.8, 4) is 12.1 Å². The maximum atomic E-state index is 12.6. The van der Waals surface area contributed by atoms with Gasteiger partial charge in [-0.15, -0.1) is 12.4 Å². The van der Waals surface area contributed by atoms with Crippen LogP contribution < -0.4 is 16.8 Å². The van der Waals surface area contributed by atoms with Gasteiger partial charge in [0, 0.05) is 30.0 Å². The summed E-state index contributed by atoms with van der Waals surface area (Å²) in [5.41, 5.74) is 19.4. The number of carbonyl (C=O) groups is 2. The molecule has 9 nitrogen and oxygen atoms in total. The summed E-state index contributed by atoms with van der Waals surface area (Å²) >= 11 is 0. The van der Waals surface area contributed by atoms with Gasteiger partial charge in [0.15, 0.2) is 0 Å². The summed E-state index contributed by atoms with van der Waals surface area (Å²) < 4.78 is 0. The molecule has 0 bridgehead atoms. The van der Waals surface area contributed by atoms with E-state index in [2.05, 4.69) is 29.6 Å². The first kappa shape index (κ1) is 39.1. The predicted molar refractivity (Wildman–Crippen MR) is 200 cm³/mol. The van der Waals surface area contributed by atoms with Crippen LogP contribution in [0.2, 0.25) is 0 Å². The van der Waals surface area contributed by atoms with Gasteiger partial charge >= 0.3 is 5.97 Å². The maximum absolute atomic E-state index is 12.6. The molecule has 0 spiro atoms. The molecule has 1 amide bonds. The lowest BCUT2D eigenvalue weighted by molar-refractivity contribution is 0.0693. The van der Waals surface area contributed by atoms with Crippen molar-refractivity contribution in [2.75, 3.05) is 37.6 Å². The van der Waals surface area contributed by atoms with Crippen LogP contribution in [0.5, 0.6) is 0 Å². The maximum Gasteiger partial charge on any atom is 0.335 e. The molecule has 4 aromatic rings. The third-order valence-electron chi connectivity index (χ3n) is 9.20. The number of carboxylic acids is 1. The minimum absolute atomic E-state index is 0. The summed E-state index contributed by atoms with van der Waals surface area (Å²) in [5, 5.41) is 29.5. The first-order valence-electron chi connectivity index (χ1n) is 16.5. The number of piperidine rings is 2. The number of nitriles is 2. The fraction of sp³-hybridized carbons (Fsp3) is 0.300. The number of likely N-dealkylation sites (tertiary alicyclic amines) is 1. The van der Waals surface area contributed by atoms with E-state index in [1.165, 1.54) is 36.1 Å². The van der Waals surface area contributed by atoms with Crippen molar-refractivity contribution in [1.29, 1.82) is 10.5 Å². The Morgan fingerprint density at radius 2 is 1.12 bits per heavy atom. The van der Waals surface area contributed by atoms with Gasteiger partial charge in [-0.2, -0.15) is 10.5 Å². The van der Waals surface area contributed by atoms with E-state index >= 15 is 0 Å². The number of aryl methyl sites for hydroxylation is 2. The SMILES string of the molecule is Cc1ccc(C(=O)N2CCC(c3ccc(C#N)cc3)CC2)cc1N.Cc1ccc(C(=O)O)cc1N.Cl.N#Cc1ccc(C2CCNCC2)cc1. The molecule has 2 heterocycles. The molecule has 2 fully saturated rings. The quantitative estimate of drug-likeness (QED) is 0.163. The molecule has 0 unspecified atom stereocenters. The molecule has 2 aliphatic rings. The van der Waals surface area contributed by atoms with E-state index in [9.17, 15) is 9.59 Å². The highest BCUT2D eigenvalue weighted by molar-refractivity contribution is 5.95. The predicted octanol–water partition coefficient (Wildman–Crippen LogP) is 7.19. The molecule has 4 aromatic carbocycles. The number of nitrogen functional groups attached to an aromatic ring is 2. The fourth-order valence-electron chi connectivity index (χ4n) is 5.96. The Bertz CT molecular complexity index is 1820. The normalized spacial score (nSPS) is 14.3. The van der Waals surface area contributed by atoms with Crippen LogP contribution in [0.3, 0.4) is 0 Å². The van der Waals surface area contributed by atoms with Crippen molar-refractivity contribution in [3.05, 3.63) is 129 Å². The largest absolute Gasteiger partial charge is 0.478 e. The molecule has 0 aliphatic carbocycles. The molecule has 0 atom stereocenters. The Kier molecular flexibility index (Phi) is 14.9. The smallest absolute Gasteiger partial charge is 0.335 e. The summed E-state index contributed by atoms with van der Waals surface area (Å²) in [7, 11) is 0. The van der Waals surface area contributed by atoms with Gasteiger partial charge in [0.2, 0.25) is 0 Å². The van der Waals surface area contributed by atoms with Gasteiger partial charge in [-0.05, 0) is 135 Å². The number of nitrogens with one attached hydrogen (secondary N) is 1. The van der Waals surface area contributed by atoms with Gasteiger partial charge in [-0.25, -0.2) is 4.79 Å². The molecule has 6 rings (SSSR count). The molecule has 0 radical (unpaired) electrons. The van der Waals surface area contributed by atoms with Crippen molar-refractivity contribution < 1.29 is 14.7 Å². The van der Waals surface area contributed by atoms with Gasteiger partial charge in [-0.1, -0.05) is 36.4 Å². The summed E-state index contributed by atoms with van der Waals surface area (Å²) in [4.78, 5) is 24.9. The molecule has 50 heavy (non-hydrogen) atoms. The highest BCUT2D eigenvalue weighted by atomic mass is 35.5. The second kappa shape index (κ2) is 19.0. The molecule has 6 N–H and O–H groups in total. The number of halogens is 1. The van der Waals surface area contributed by atoms with Crippen LogP contribution in [0.4, 0.5) is 11.4 Å². The molecule has 0 saturated carbocycles. The number of rotatable bonds is 4. The van der Waals surface area contributed by atoms with Crippen molar-refractivity contribution in [2.24, 2.45) is 0 Å². The van der Waals surface area contributed by atoms with Crippen LogP contribution in [-0.2, 0) is 0 Å². The summed E-state index contributed by atoms with van der Waals surface area (Å²) in [6.07, 6.45) is 4.32. The number of anilines is 2. The molecule has 2 saturated heterocycles. The highest BCUT2D eigenvalue weighted by Crippen LogP contribution is 2.29. The number of nitrogens with zero attached hydrogens (tertiary/aromatic N) is 3. The highest BCUT2D eigenvalue weighted by Gasteiger charge is 2.25. The number of hydrogen-bond donors (Lipinski definition) is 4. The fourth-order valence-corrected chi connectivity index (χ4v) is 5.96. The first-order chi connectivity index (χ1) is 23.6. The van der Waals surface area contributed by atoms with Gasteiger partial charge < -0.3 is 26.8 Å². The number of carboxylic acid groups (broad SMARTS) is 1. The van der Waals surface area contributed by atoms with Crippen LogP contribution in [0, 0.1) is 36.5 Å². The van der Waals surface area contributed by atoms with Crippen molar-refractivity contribution in [1.82, 2.24) is 10.2 Å². The number of amides is 1. The topological polar surface area (TPSA) is 169 Å². The average molecular weight is 693 g/mol. The third kappa shape index (κ3) is 10.8. The van der Waals surface area contributed by atoms with Gasteiger partial charge in [-0.3, -0.25) is 4.79 Å². The first-order valence-corrected chi connectivity index (χ1v) is 16.5. The zero-order valence-corrected chi connectivity index (χ0v) is 29.4. The van der Waals surface area contributed by atoms with Crippen molar-refractivity contribution in [2.45, 2.75) is 51.4 Å². The zero-order valence-electron chi connectivity index (χ0n) is 28.6. The van der Waals surface area contributed by atoms with E-state index in [0.717, 1.165) is 55.7 Å². The van der Waals surface area contributed by atoms with Crippen LogP contribution in [-0.4, -0.2) is 48.1 Å². The molecule has 2 aliphatic heterocycles. The Morgan fingerprint density at radius 3 is 1.54 bits per heavy atom. The third-order valence-corrected chi connectivity index (χ3v) is 9.20. The van der Waals surface area contributed by atoms with E-state index in [0.29, 0.717) is 34.3 Å². The lowest BCUT2D eigenvalue weighted by Crippen LogP contribution is -2.37. The van der Waals surface area contributed by atoms with Crippen LogP contribution in [0.25, 0.3) is 0 Å². The molecule has 260 valence electrons. The Balaban J connectivity index is 0.000000221. The van der Waals surface area contributed by atoms with Crippen LogP contribution in [0.1, 0.15) is 91.6 Å². The summed E-state index contributed by atoms with van der Waals surface area (Å²) in [5.74, 6) is 0.241. The Hall–Kier alpha value is -5.35. The molecular formula is C40H45ClN6O3. The molecular weight excluding hydrogens is 648 g/mol. The van der Waals surface area contributed by atoms with Gasteiger partial charge in [0.05, 0.1) is 28.8 Å². The van der Waals surface area contributed by atoms with Gasteiger partial charge in [0.25, 0.3) is 5.91 Å². The van der Waals surface area contributed by atoms with E-state index in [-0.39, 0.29) is 23.9 Å². The lowest BCUT2D eigenvalue weighted by atomic mass is 9.89. The van der Waals surface area contributed by atoms with Crippen molar-refractivity contribution >= 4 is 35.7 Å². The summed E-state index contributed by atoms with van der Waals surface area (Å²) in [6, 6.07) is 30.3. The number of carbonyl (C=O) groups excluding carboxylic acids is 1. The van der Waals surface area contributed by atoms with Crippen LogP contribution >= 0.6 is 12.4 Å². The number of benzene rings is 4. The number of aromatic carboxylic acids is 1. The van der Waals surface area contributed by atoms with E-state index in [1.54, 1.807) is 12.1 Å². The number of hydrogen-bond acceptors (Lipinski definition) is 7. The zero-order chi connectivity index (χ0) is 35.3. The minimum Gasteiger partial charge on any atom is -0.478 e. The second-order valence-electron chi connectivity index (χ2n) is 12.5. The molecule has 10 heteroatoms. The number of nitrogens with two attached hydrogens (primary N) is 2.